The Kier molecular flexibility index (Phi) is 8.08. The summed E-state index contributed by atoms with van der Waals surface area (Å²) in [5.41, 5.74) is 3.24. The number of amides is 2. The minimum absolute atomic E-state index is 0.149. The molecule has 7 nitrogen and oxygen atoms in total. The van der Waals surface area contributed by atoms with Crippen LogP contribution in [0.15, 0.2) is 60.3 Å². The van der Waals surface area contributed by atoms with E-state index in [2.05, 4.69) is 27.4 Å². The molecule has 32 heavy (non-hydrogen) atoms. The largest absolute Gasteiger partial charge is 0.345 e. The van der Waals surface area contributed by atoms with Crippen LogP contribution in [-0.4, -0.2) is 32.3 Å². The molecule has 0 aliphatic heterocycles. The van der Waals surface area contributed by atoms with Gasteiger partial charge in [0.25, 0.3) is 5.91 Å². The Hall–Kier alpha value is -3.10. The summed E-state index contributed by atoms with van der Waals surface area (Å²) in [6.45, 7) is 8.31. The predicted molar refractivity (Wildman–Crippen MR) is 128 cm³/mol. The Morgan fingerprint density at radius 2 is 1.91 bits per heavy atom. The minimum atomic E-state index is -0.191. The van der Waals surface area contributed by atoms with Gasteiger partial charge in [0.05, 0.1) is 12.3 Å². The van der Waals surface area contributed by atoms with E-state index in [1.807, 2.05) is 36.6 Å². The molecule has 0 aliphatic carbocycles. The Morgan fingerprint density at radius 3 is 2.59 bits per heavy atom. The van der Waals surface area contributed by atoms with E-state index >= 15 is 0 Å². The first-order chi connectivity index (χ1) is 15.4. The third-order valence-corrected chi connectivity index (χ3v) is 5.99. The van der Waals surface area contributed by atoms with Gasteiger partial charge in [0.1, 0.15) is 0 Å². The van der Waals surface area contributed by atoms with Crippen LogP contribution in [0.2, 0.25) is 5.02 Å². The van der Waals surface area contributed by atoms with Gasteiger partial charge in [-0.25, -0.2) is 0 Å². The molecule has 3 aromatic rings. The van der Waals surface area contributed by atoms with E-state index in [0.29, 0.717) is 33.8 Å². The Balaban J connectivity index is 1.60. The summed E-state index contributed by atoms with van der Waals surface area (Å²) in [6.07, 6.45) is 1.72. The molecule has 2 N–H and O–H groups in total. The van der Waals surface area contributed by atoms with Crippen LogP contribution in [0.5, 0.6) is 0 Å². The van der Waals surface area contributed by atoms with Crippen LogP contribution >= 0.6 is 23.4 Å². The standard InChI is InChI=1S/C23H24ClN5O2S/c1-4-11-29-20(13-25-22(31)17-8-5-15(2)6-9-17)27-28-23(29)32-14-21(30)26-18-10-7-16(3)19(24)12-18/h4-10,12H,1,11,13-14H2,2-3H3,(H,25,31)(H,26,30). The summed E-state index contributed by atoms with van der Waals surface area (Å²) in [7, 11) is 0. The van der Waals surface area contributed by atoms with Crippen LogP contribution in [0.4, 0.5) is 5.69 Å². The third-order valence-electron chi connectivity index (χ3n) is 4.61. The van der Waals surface area contributed by atoms with E-state index in [1.165, 1.54) is 11.8 Å². The van der Waals surface area contributed by atoms with Crippen LogP contribution in [-0.2, 0) is 17.9 Å². The number of nitrogens with one attached hydrogen (secondary N) is 2. The maximum absolute atomic E-state index is 12.4. The first-order valence-electron chi connectivity index (χ1n) is 9.94. The molecule has 1 aromatic heterocycles. The van der Waals surface area contributed by atoms with Gasteiger partial charge >= 0.3 is 0 Å². The SMILES string of the molecule is C=CCn1c(CNC(=O)c2ccc(C)cc2)nnc1SCC(=O)Nc1ccc(C)c(Cl)c1. The number of hydrogen-bond acceptors (Lipinski definition) is 5. The summed E-state index contributed by atoms with van der Waals surface area (Å²) >= 11 is 7.37. The van der Waals surface area contributed by atoms with Gasteiger partial charge in [-0.2, -0.15) is 0 Å². The number of carbonyl (C=O) groups excluding carboxylic acids is 2. The molecule has 166 valence electrons. The van der Waals surface area contributed by atoms with Crippen molar-refractivity contribution >= 4 is 40.9 Å². The zero-order chi connectivity index (χ0) is 23.1. The Labute approximate surface area is 196 Å². The summed E-state index contributed by atoms with van der Waals surface area (Å²) in [5, 5.41) is 15.2. The quantitative estimate of drug-likeness (QED) is 0.358. The number of carbonyl (C=O) groups is 2. The summed E-state index contributed by atoms with van der Waals surface area (Å²) in [4.78, 5) is 24.7. The molecule has 1 heterocycles. The molecule has 0 aliphatic rings. The predicted octanol–water partition coefficient (Wildman–Crippen LogP) is 4.40. The summed E-state index contributed by atoms with van der Waals surface area (Å²) in [6, 6.07) is 12.7. The van der Waals surface area contributed by atoms with E-state index in [1.54, 1.807) is 30.3 Å². The zero-order valence-electron chi connectivity index (χ0n) is 17.9. The van der Waals surface area contributed by atoms with Crippen LogP contribution < -0.4 is 10.6 Å². The van der Waals surface area contributed by atoms with Crippen molar-refractivity contribution in [2.24, 2.45) is 0 Å². The Morgan fingerprint density at radius 1 is 1.16 bits per heavy atom. The topological polar surface area (TPSA) is 88.9 Å². The fourth-order valence-electron chi connectivity index (χ4n) is 2.83. The molecule has 0 saturated heterocycles. The van der Waals surface area contributed by atoms with Crippen molar-refractivity contribution in [1.29, 1.82) is 0 Å². The van der Waals surface area contributed by atoms with Crippen LogP contribution in [0, 0.1) is 13.8 Å². The number of rotatable bonds is 9. The lowest BCUT2D eigenvalue weighted by atomic mass is 10.1. The van der Waals surface area contributed by atoms with Crippen molar-refractivity contribution in [3.8, 4) is 0 Å². The number of benzene rings is 2. The molecule has 0 saturated carbocycles. The summed E-state index contributed by atoms with van der Waals surface area (Å²) < 4.78 is 1.82. The lowest BCUT2D eigenvalue weighted by Crippen LogP contribution is -2.24. The van der Waals surface area contributed by atoms with Crippen LogP contribution in [0.1, 0.15) is 27.3 Å². The molecule has 2 aromatic carbocycles. The molecule has 0 spiro atoms. The second-order valence-electron chi connectivity index (χ2n) is 7.15. The highest BCUT2D eigenvalue weighted by atomic mass is 35.5. The number of anilines is 1. The number of nitrogens with zero attached hydrogens (tertiary/aromatic N) is 3. The molecule has 0 bridgehead atoms. The molecular formula is C23H24ClN5O2S. The lowest BCUT2D eigenvalue weighted by molar-refractivity contribution is -0.113. The van der Waals surface area contributed by atoms with Crippen molar-refractivity contribution in [1.82, 2.24) is 20.1 Å². The van der Waals surface area contributed by atoms with Gasteiger partial charge in [0, 0.05) is 22.8 Å². The number of thioether (sulfide) groups is 1. The third kappa shape index (κ3) is 6.21. The van der Waals surface area contributed by atoms with E-state index in [-0.39, 0.29) is 24.1 Å². The molecule has 3 rings (SSSR count). The van der Waals surface area contributed by atoms with Crippen molar-refractivity contribution in [2.45, 2.75) is 32.1 Å². The van der Waals surface area contributed by atoms with Crippen LogP contribution in [0.25, 0.3) is 0 Å². The number of aryl methyl sites for hydroxylation is 2. The highest BCUT2D eigenvalue weighted by Gasteiger charge is 2.15. The number of allylic oxidation sites excluding steroid dienone is 1. The second kappa shape index (κ2) is 11.0. The number of aromatic nitrogens is 3. The highest BCUT2D eigenvalue weighted by molar-refractivity contribution is 7.99. The van der Waals surface area contributed by atoms with Gasteiger partial charge in [-0.1, -0.05) is 53.2 Å². The van der Waals surface area contributed by atoms with E-state index < -0.39 is 0 Å². The van der Waals surface area contributed by atoms with Gasteiger partial charge in [0.15, 0.2) is 11.0 Å². The van der Waals surface area contributed by atoms with Gasteiger partial charge in [-0.15, -0.1) is 16.8 Å². The minimum Gasteiger partial charge on any atom is -0.345 e. The van der Waals surface area contributed by atoms with Gasteiger partial charge in [0.2, 0.25) is 5.91 Å². The molecule has 0 atom stereocenters. The normalized spacial score (nSPS) is 10.6. The smallest absolute Gasteiger partial charge is 0.251 e. The van der Waals surface area contributed by atoms with Crippen molar-refractivity contribution in [3.63, 3.8) is 0 Å². The van der Waals surface area contributed by atoms with E-state index in [4.69, 9.17) is 11.6 Å². The average Bonchev–Trinajstić information content (AvgIpc) is 3.15. The van der Waals surface area contributed by atoms with Crippen LogP contribution in [0.3, 0.4) is 0 Å². The van der Waals surface area contributed by atoms with Crippen molar-refractivity contribution in [2.75, 3.05) is 11.1 Å². The fourth-order valence-corrected chi connectivity index (χ4v) is 3.78. The summed E-state index contributed by atoms with van der Waals surface area (Å²) in [5.74, 6) is 0.357. The highest BCUT2D eigenvalue weighted by Crippen LogP contribution is 2.21. The van der Waals surface area contributed by atoms with Gasteiger partial charge < -0.3 is 15.2 Å². The monoisotopic (exact) mass is 469 g/mol. The first kappa shape index (κ1) is 23.6. The lowest BCUT2D eigenvalue weighted by Gasteiger charge is -2.09. The number of hydrogen-bond donors (Lipinski definition) is 2. The molecule has 9 heteroatoms. The zero-order valence-corrected chi connectivity index (χ0v) is 19.5. The Bertz CT molecular complexity index is 1130. The fraction of sp³-hybridized carbons (Fsp3) is 0.217. The number of halogens is 1. The maximum atomic E-state index is 12.4. The van der Waals surface area contributed by atoms with Crippen molar-refractivity contribution < 1.29 is 9.59 Å². The maximum Gasteiger partial charge on any atom is 0.251 e. The average molecular weight is 470 g/mol. The second-order valence-corrected chi connectivity index (χ2v) is 8.50. The van der Waals surface area contributed by atoms with Gasteiger partial charge in [-0.05, 0) is 43.7 Å². The van der Waals surface area contributed by atoms with Gasteiger partial charge in [-0.3, -0.25) is 9.59 Å². The first-order valence-corrected chi connectivity index (χ1v) is 11.3. The molecule has 2 amide bonds. The van der Waals surface area contributed by atoms with E-state index in [0.717, 1.165) is 11.1 Å². The van der Waals surface area contributed by atoms with E-state index in [9.17, 15) is 9.59 Å². The molecule has 0 fully saturated rings. The molecule has 0 unspecified atom stereocenters. The molecule has 0 radical (unpaired) electrons. The molecular weight excluding hydrogens is 446 g/mol. The van der Waals surface area contributed by atoms with Crippen molar-refractivity contribution in [3.05, 3.63) is 82.7 Å².